The van der Waals surface area contributed by atoms with Crippen LogP contribution in [0.3, 0.4) is 0 Å². The molecule has 0 saturated carbocycles. The number of nitrogens with one attached hydrogen (secondary N) is 2. The molecule has 1 aliphatic heterocycles. The Morgan fingerprint density at radius 1 is 1.47 bits per heavy atom. The number of guanidine groups is 1. The van der Waals surface area contributed by atoms with Gasteiger partial charge in [0.25, 0.3) is 5.69 Å². The van der Waals surface area contributed by atoms with Crippen LogP contribution < -0.4 is 10.6 Å². The van der Waals surface area contributed by atoms with E-state index in [2.05, 4.69) is 15.6 Å². The molecule has 0 radical (unpaired) electrons. The zero-order valence-electron chi connectivity index (χ0n) is 9.35. The lowest BCUT2D eigenvalue weighted by Crippen LogP contribution is -2.40. The van der Waals surface area contributed by atoms with Crippen LogP contribution in [0.1, 0.15) is 12.0 Å². The van der Waals surface area contributed by atoms with Gasteiger partial charge in [-0.05, 0) is 6.42 Å². The van der Waals surface area contributed by atoms with Gasteiger partial charge >= 0.3 is 0 Å². The Bertz CT molecular complexity index is 445. The first-order chi connectivity index (χ1) is 8.27. The van der Waals surface area contributed by atoms with Crippen LogP contribution in [0.15, 0.2) is 29.3 Å². The van der Waals surface area contributed by atoms with E-state index in [-0.39, 0.29) is 10.6 Å². The van der Waals surface area contributed by atoms with E-state index in [0.717, 1.165) is 25.5 Å². The van der Waals surface area contributed by atoms with Gasteiger partial charge in [0.15, 0.2) is 5.96 Å². The Labute approximate surface area is 98.9 Å². The Morgan fingerprint density at radius 2 is 2.29 bits per heavy atom. The number of nitro groups is 1. The van der Waals surface area contributed by atoms with Gasteiger partial charge in [0.1, 0.15) is 0 Å². The van der Waals surface area contributed by atoms with Crippen LogP contribution in [0.5, 0.6) is 0 Å². The number of hydrogen-bond acceptors (Lipinski definition) is 5. The summed E-state index contributed by atoms with van der Waals surface area (Å²) in [4.78, 5) is 14.7. The first-order valence-electron chi connectivity index (χ1n) is 5.52. The zero-order valence-corrected chi connectivity index (χ0v) is 9.35. The van der Waals surface area contributed by atoms with Crippen LogP contribution in [-0.2, 0) is 6.54 Å². The number of nitrogens with zero attached hydrogens (tertiary/aromatic N) is 2. The molecule has 0 fully saturated rings. The molecule has 0 unspecified atom stereocenters. The highest BCUT2D eigenvalue weighted by molar-refractivity contribution is 5.80. The molecule has 17 heavy (non-hydrogen) atoms. The van der Waals surface area contributed by atoms with Crippen molar-refractivity contribution in [3.8, 4) is 0 Å². The van der Waals surface area contributed by atoms with Gasteiger partial charge in [0, 0.05) is 31.3 Å². The fraction of sp³-hybridized carbons (Fsp3) is 0.364. The van der Waals surface area contributed by atoms with Gasteiger partial charge in [-0.15, -0.1) is 0 Å². The highest BCUT2D eigenvalue weighted by atomic mass is 16.6. The number of benzene rings is 1. The topological polar surface area (TPSA) is 79.6 Å². The molecular formula is C11H14N4O2. The number of para-hydroxylation sites is 1. The number of rotatable bonds is 3. The minimum absolute atomic E-state index is 0.136. The summed E-state index contributed by atoms with van der Waals surface area (Å²) in [5.74, 6) is 0.717. The van der Waals surface area contributed by atoms with Crippen molar-refractivity contribution in [2.24, 2.45) is 4.99 Å². The lowest BCUT2D eigenvalue weighted by Gasteiger charge is -2.15. The minimum Gasteiger partial charge on any atom is -0.356 e. The second kappa shape index (κ2) is 5.29. The van der Waals surface area contributed by atoms with Crippen molar-refractivity contribution in [2.75, 3.05) is 13.1 Å². The van der Waals surface area contributed by atoms with Crippen LogP contribution in [0.4, 0.5) is 5.69 Å². The van der Waals surface area contributed by atoms with Crippen LogP contribution in [0.2, 0.25) is 0 Å². The Kier molecular flexibility index (Phi) is 3.54. The number of nitro benzene ring substituents is 1. The molecule has 6 heteroatoms. The maximum atomic E-state index is 10.8. The number of hydrogen-bond donors (Lipinski definition) is 2. The summed E-state index contributed by atoms with van der Waals surface area (Å²) in [6.07, 6.45) is 1.02. The van der Waals surface area contributed by atoms with Crippen LogP contribution >= 0.6 is 0 Å². The van der Waals surface area contributed by atoms with E-state index in [1.807, 2.05) is 0 Å². The van der Waals surface area contributed by atoms with Crippen molar-refractivity contribution >= 4 is 11.6 Å². The third-order valence-corrected chi connectivity index (χ3v) is 2.53. The normalized spacial score (nSPS) is 14.7. The molecule has 0 amide bonds. The van der Waals surface area contributed by atoms with E-state index in [4.69, 9.17) is 0 Å². The SMILES string of the molecule is O=[N+]([O-])c1ccccc1CNC1=NCCCN1. The molecule has 1 aromatic carbocycles. The summed E-state index contributed by atoms with van der Waals surface area (Å²) in [7, 11) is 0. The molecule has 1 aliphatic rings. The summed E-state index contributed by atoms with van der Waals surface area (Å²) in [5.41, 5.74) is 0.795. The second-order valence-electron chi connectivity index (χ2n) is 3.75. The van der Waals surface area contributed by atoms with Gasteiger partial charge in [-0.25, -0.2) is 0 Å². The molecule has 6 nitrogen and oxygen atoms in total. The molecule has 0 aliphatic carbocycles. The van der Waals surface area contributed by atoms with Gasteiger partial charge in [-0.1, -0.05) is 18.2 Å². The summed E-state index contributed by atoms with van der Waals surface area (Å²) >= 11 is 0. The predicted molar refractivity (Wildman–Crippen MR) is 64.9 cm³/mol. The molecular weight excluding hydrogens is 220 g/mol. The highest BCUT2D eigenvalue weighted by Gasteiger charge is 2.12. The average molecular weight is 234 g/mol. The molecule has 0 saturated heterocycles. The fourth-order valence-electron chi connectivity index (χ4n) is 1.67. The third-order valence-electron chi connectivity index (χ3n) is 2.53. The lowest BCUT2D eigenvalue weighted by atomic mass is 10.2. The van der Waals surface area contributed by atoms with E-state index in [0.29, 0.717) is 12.1 Å². The van der Waals surface area contributed by atoms with Crippen LogP contribution in [-0.4, -0.2) is 24.0 Å². The number of aliphatic imine (C=N–C) groups is 1. The molecule has 0 bridgehead atoms. The maximum absolute atomic E-state index is 10.8. The molecule has 0 aromatic heterocycles. The first-order valence-corrected chi connectivity index (χ1v) is 5.52. The van der Waals surface area contributed by atoms with E-state index in [9.17, 15) is 10.1 Å². The van der Waals surface area contributed by atoms with E-state index >= 15 is 0 Å². The van der Waals surface area contributed by atoms with Crippen molar-refractivity contribution in [3.05, 3.63) is 39.9 Å². The Hall–Kier alpha value is -2.11. The van der Waals surface area contributed by atoms with E-state index in [1.165, 1.54) is 6.07 Å². The average Bonchev–Trinajstić information content (AvgIpc) is 2.38. The van der Waals surface area contributed by atoms with Gasteiger partial charge in [0.05, 0.1) is 4.92 Å². The smallest absolute Gasteiger partial charge is 0.274 e. The Balaban J connectivity index is 2.03. The van der Waals surface area contributed by atoms with Gasteiger partial charge in [-0.2, -0.15) is 0 Å². The van der Waals surface area contributed by atoms with Crippen molar-refractivity contribution in [2.45, 2.75) is 13.0 Å². The van der Waals surface area contributed by atoms with Gasteiger partial charge in [-0.3, -0.25) is 15.1 Å². The van der Waals surface area contributed by atoms with Crippen molar-refractivity contribution < 1.29 is 4.92 Å². The first kappa shape index (κ1) is 11.4. The van der Waals surface area contributed by atoms with E-state index in [1.54, 1.807) is 18.2 Å². The summed E-state index contributed by atoms with van der Waals surface area (Å²) in [6, 6.07) is 6.71. The molecule has 0 spiro atoms. The fourth-order valence-corrected chi connectivity index (χ4v) is 1.67. The van der Waals surface area contributed by atoms with Gasteiger partial charge in [0.2, 0.25) is 0 Å². The predicted octanol–water partition coefficient (Wildman–Crippen LogP) is 1.03. The van der Waals surface area contributed by atoms with Crippen molar-refractivity contribution in [1.29, 1.82) is 0 Å². The van der Waals surface area contributed by atoms with Crippen molar-refractivity contribution in [3.63, 3.8) is 0 Å². The van der Waals surface area contributed by atoms with E-state index < -0.39 is 0 Å². The summed E-state index contributed by atoms with van der Waals surface area (Å²) < 4.78 is 0. The monoisotopic (exact) mass is 234 g/mol. The molecule has 2 N–H and O–H groups in total. The quantitative estimate of drug-likeness (QED) is 0.604. The molecule has 90 valence electrons. The van der Waals surface area contributed by atoms with Gasteiger partial charge < -0.3 is 10.6 Å². The molecule has 2 rings (SSSR count). The molecule has 1 heterocycles. The standard InChI is InChI=1S/C11H14N4O2/c16-15(17)10-5-2-1-4-9(10)8-14-11-12-6-3-7-13-11/h1-2,4-5H,3,6-8H2,(H2,12,13,14). The Morgan fingerprint density at radius 3 is 3.00 bits per heavy atom. The largest absolute Gasteiger partial charge is 0.356 e. The second-order valence-corrected chi connectivity index (χ2v) is 3.75. The third kappa shape index (κ3) is 2.93. The minimum atomic E-state index is -0.368. The van der Waals surface area contributed by atoms with Crippen LogP contribution in [0.25, 0.3) is 0 Å². The zero-order chi connectivity index (χ0) is 12.1. The summed E-state index contributed by atoms with van der Waals surface area (Å²) in [6.45, 7) is 2.10. The highest BCUT2D eigenvalue weighted by Crippen LogP contribution is 2.16. The molecule has 1 aromatic rings. The maximum Gasteiger partial charge on any atom is 0.274 e. The summed E-state index contributed by atoms with van der Waals surface area (Å²) in [5, 5.41) is 17.0. The lowest BCUT2D eigenvalue weighted by molar-refractivity contribution is -0.385. The molecule has 0 atom stereocenters. The van der Waals surface area contributed by atoms with Crippen LogP contribution in [0, 0.1) is 10.1 Å². The van der Waals surface area contributed by atoms with Crippen molar-refractivity contribution in [1.82, 2.24) is 10.6 Å².